The van der Waals surface area contributed by atoms with Crippen LogP contribution in [0.25, 0.3) is 0 Å². The van der Waals surface area contributed by atoms with Crippen LogP contribution in [0.15, 0.2) is 41.5 Å². The summed E-state index contributed by atoms with van der Waals surface area (Å²) in [6.07, 6.45) is 1.35. The van der Waals surface area contributed by atoms with Gasteiger partial charge in [0.25, 0.3) is 5.91 Å². The predicted molar refractivity (Wildman–Crippen MR) is 81.3 cm³/mol. The van der Waals surface area contributed by atoms with Crippen LogP contribution in [0.4, 0.5) is 0 Å². The summed E-state index contributed by atoms with van der Waals surface area (Å²) in [5.74, 6) is -1.23. The third kappa shape index (κ3) is 3.65. The molecule has 0 radical (unpaired) electrons. The molecule has 2 aromatic rings. The van der Waals surface area contributed by atoms with Crippen molar-refractivity contribution in [2.45, 2.75) is 0 Å². The Balaban J connectivity index is 2.08. The van der Waals surface area contributed by atoms with E-state index in [0.29, 0.717) is 15.6 Å². The standard InChI is InChI=1S/C14H10Cl2N2O3/c15-10-3-1-2-9(13(10)16)7-17-18-14(21)8-4-5-11(19)12(20)6-8/h1-7,19-20H,(H,18,21). The zero-order valence-electron chi connectivity index (χ0n) is 10.5. The summed E-state index contributed by atoms with van der Waals surface area (Å²) in [4.78, 5) is 11.8. The lowest BCUT2D eigenvalue weighted by Crippen LogP contribution is -2.17. The molecule has 0 aromatic heterocycles. The average molecular weight is 325 g/mol. The highest BCUT2D eigenvalue weighted by Crippen LogP contribution is 2.25. The number of rotatable bonds is 3. The lowest BCUT2D eigenvalue weighted by molar-refractivity contribution is 0.0954. The Kier molecular flexibility index (Phi) is 4.67. The number of halogens is 2. The zero-order valence-corrected chi connectivity index (χ0v) is 12.1. The van der Waals surface area contributed by atoms with Crippen molar-refractivity contribution in [1.29, 1.82) is 0 Å². The van der Waals surface area contributed by atoms with E-state index < -0.39 is 5.91 Å². The number of nitrogens with one attached hydrogen (secondary N) is 1. The van der Waals surface area contributed by atoms with E-state index in [0.717, 1.165) is 6.07 Å². The summed E-state index contributed by atoms with van der Waals surface area (Å²) >= 11 is 11.8. The van der Waals surface area contributed by atoms with E-state index in [1.807, 2.05) is 0 Å². The molecule has 0 bridgehead atoms. The second-order valence-corrected chi connectivity index (χ2v) is 4.83. The van der Waals surface area contributed by atoms with Gasteiger partial charge in [0.2, 0.25) is 0 Å². The van der Waals surface area contributed by atoms with Crippen molar-refractivity contribution in [1.82, 2.24) is 5.43 Å². The van der Waals surface area contributed by atoms with Crippen molar-refractivity contribution in [2.24, 2.45) is 5.10 Å². The Bertz CT molecular complexity index is 717. The SMILES string of the molecule is O=C(NN=Cc1cccc(Cl)c1Cl)c1ccc(O)c(O)c1. The average Bonchev–Trinajstić information content (AvgIpc) is 2.46. The fraction of sp³-hybridized carbons (Fsp3) is 0. The summed E-state index contributed by atoms with van der Waals surface area (Å²) in [5.41, 5.74) is 2.98. The molecule has 3 N–H and O–H groups in total. The lowest BCUT2D eigenvalue weighted by Gasteiger charge is -2.03. The Morgan fingerprint density at radius 3 is 2.62 bits per heavy atom. The fourth-order valence-electron chi connectivity index (χ4n) is 1.51. The van der Waals surface area contributed by atoms with Gasteiger partial charge < -0.3 is 10.2 Å². The van der Waals surface area contributed by atoms with Crippen molar-refractivity contribution in [3.8, 4) is 11.5 Å². The van der Waals surface area contributed by atoms with E-state index in [-0.39, 0.29) is 17.1 Å². The van der Waals surface area contributed by atoms with Gasteiger partial charge in [0, 0.05) is 11.1 Å². The van der Waals surface area contributed by atoms with Gasteiger partial charge in [-0.1, -0.05) is 35.3 Å². The molecular weight excluding hydrogens is 315 g/mol. The highest BCUT2D eigenvalue weighted by Gasteiger charge is 2.08. The number of carbonyl (C=O) groups is 1. The van der Waals surface area contributed by atoms with E-state index >= 15 is 0 Å². The van der Waals surface area contributed by atoms with Crippen LogP contribution in [-0.4, -0.2) is 22.3 Å². The van der Waals surface area contributed by atoms with Gasteiger partial charge >= 0.3 is 0 Å². The van der Waals surface area contributed by atoms with Gasteiger partial charge in [-0.05, 0) is 24.3 Å². The Hall–Kier alpha value is -2.24. The van der Waals surface area contributed by atoms with Crippen molar-refractivity contribution >= 4 is 35.3 Å². The molecule has 0 aliphatic heterocycles. The topological polar surface area (TPSA) is 81.9 Å². The van der Waals surface area contributed by atoms with Gasteiger partial charge in [-0.3, -0.25) is 4.79 Å². The minimum atomic E-state index is -0.542. The highest BCUT2D eigenvalue weighted by atomic mass is 35.5. The maximum absolute atomic E-state index is 11.8. The number of aromatic hydroxyl groups is 2. The molecule has 0 aliphatic carbocycles. The molecule has 2 aromatic carbocycles. The van der Waals surface area contributed by atoms with E-state index in [2.05, 4.69) is 10.5 Å². The van der Waals surface area contributed by atoms with Gasteiger partial charge in [-0.15, -0.1) is 0 Å². The van der Waals surface area contributed by atoms with Crippen LogP contribution in [0.3, 0.4) is 0 Å². The zero-order chi connectivity index (χ0) is 15.4. The second kappa shape index (κ2) is 6.47. The molecular formula is C14H10Cl2N2O3. The molecule has 1 amide bonds. The molecule has 0 fully saturated rings. The van der Waals surface area contributed by atoms with Crippen LogP contribution in [0, 0.1) is 0 Å². The third-order valence-electron chi connectivity index (χ3n) is 2.59. The fourth-order valence-corrected chi connectivity index (χ4v) is 1.87. The van der Waals surface area contributed by atoms with Crippen molar-refractivity contribution < 1.29 is 15.0 Å². The molecule has 0 saturated carbocycles. The van der Waals surface area contributed by atoms with Crippen LogP contribution in [0.2, 0.25) is 10.0 Å². The number of hydrazone groups is 1. The number of nitrogens with zero attached hydrogens (tertiary/aromatic N) is 1. The maximum atomic E-state index is 11.8. The summed E-state index contributed by atoms with van der Waals surface area (Å²) in [7, 11) is 0. The van der Waals surface area contributed by atoms with Crippen LogP contribution >= 0.6 is 23.2 Å². The quantitative estimate of drug-likeness (QED) is 0.460. The van der Waals surface area contributed by atoms with Crippen molar-refractivity contribution in [3.05, 3.63) is 57.6 Å². The largest absolute Gasteiger partial charge is 0.504 e. The van der Waals surface area contributed by atoms with Crippen LogP contribution in [0.5, 0.6) is 11.5 Å². The molecule has 0 unspecified atom stereocenters. The first-order valence-corrected chi connectivity index (χ1v) is 6.54. The van der Waals surface area contributed by atoms with Crippen LogP contribution in [-0.2, 0) is 0 Å². The molecule has 2 rings (SSSR count). The molecule has 0 heterocycles. The van der Waals surface area contributed by atoms with Crippen LogP contribution in [0.1, 0.15) is 15.9 Å². The number of benzene rings is 2. The molecule has 0 aliphatic rings. The van der Waals surface area contributed by atoms with E-state index in [4.69, 9.17) is 28.3 Å². The Labute approximate surface area is 130 Å². The molecule has 7 heteroatoms. The minimum Gasteiger partial charge on any atom is -0.504 e. The molecule has 0 spiro atoms. The molecule has 0 atom stereocenters. The van der Waals surface area contributed by atoms with E-state index in [1.165, 1.54) is 18.3 Å². The molecule has 108 valence electrons. The lowest BCUT2D eigenvalue weighted by atomic mass is 10.2. The molecule has 21 heavy (non-hydrogen) atoms. The number of phenolic OH excluding ortho intramolecular Hbond substituents is 2. The van der Waals surface area contributed by atoms with Crippen molar-refractivity contribution in [2.75, 3.05) is 0 Å². The summed E-state index contributed by atoms with van der Waals surface area (Å²) in [6.45, 7) is 0. The maximum Gasteiger partial charge on any atom is 0.271 e. The minimum absolute atomic E-state index is 0.152. The predicted octanol–water partition coefficient (Wildman–Crippen LogP) is 3.17. The Morgan fingerprint density at radius 1 is 1.14 bits per heavy atom. The normalized spacial score (nSPS) is 10.8. The monoisotopic (exact) mass is 324 g/mol. The number of phenols is 2. The number of hydrogen-bond acceptors (Lipinski definition) is 4. The number of carbonyl (C=O) groups excluding carboxylic acids is 1. The van der Waals surface area contributed by atoms with Crippen molar-refractivity contribution in [3.63, 3.8) is 0 Å². The van der Waals surface area contributed by atoms with Gasteiger partial charge in [-0.25, -0.2) is 5.43 Å². The second-order valence-electron chi connectivity index (χ2n) is 4.05. The summed E-state index contributed by atoms with van der Waals surface area (Å²) in [5, 5.41) is 23.0. The first-order valence-electron chi connectivity index (χ1n) is 5.78. The van der Waals surface area contributed by atoms with Crippen LogP contribution < -0.4 is 5.43 Å². The number of hydrogen-bond donors (Lipinski definition) is 3. The molecule has 0 saturated heterocycles. The number of amides is 1. The summed E-state index contributed by atoms with van der Waals surface area (Å²) < 4.78 is 0. The van der Waals surface area contributed by atoms with E-state index in [1.54, 1.807) is 18.2 Å². The summed E-state index contributed by atoms with van der Waals surface area (Å²) in [6, 6.07) is 8.73. The smallest absolute Gasteiger partial charge is 0.271 e. The van der Waals surface area contributed by atoms with Gasteiger partial charge in [0.05, 0.1) is 16.3 Å². The van der Waals surface area contributed by atoms with Gasteiger partial charge in [-0.2, -0.15) is 5.10 Å². The molecule has 5 nitrogen and oxygen atoms in total. The first-order chi connectivity index (χ1) is 9.99. The van der Waals surface area contributed by atoms with Gasteiger partial charge in [0.15, 0.2) is 11.5 Å². The Morgan fingerprint density at radius 2 is 1.90 bits per heavy atom. The first kappa shape index (κ1) is 15.2. The third-order valence-corrected chi connectivity index (χ3v) is 3.42. The van der Waals surface area contributed by atoms with E-state index in [9.17, 15) is 9.90 Å². The van der Waals surface area contributed by atoms with Gasteiger partial charge in [0.1, 0.15) is 0 Å². The highest BCUT2D eigenvalue weighted by molar-refractivity contribution is 6.43.